The molecule has 0 bridgehead atoms. The Labute approximate surface area is 117 Å². The van der Waals surface area contributed by atoms with E-state index in [0.29, 0.717) is 17.9 Å². The molecule has 0 saturated carbocycles. The average molecular weight is 268 g/mol. The van der Waals surface area contributed by atoms with Crippen LogP contribution in [0.25, 0.3) is 0 Å². The lowest BCUT2D eigenvalue weighted by Crippen LogP contribution is -2.18. The number of amides is 1. The molecule has 3 N–H and O–H groups in total. The van der Waals surface area contributed by atoms with Crippen molar-refractivity contribution in [3.8, 4) is 11.5 Å². The predicted molar refractivity (Wildman–Crippen MR) is 79.1 cm³/mol. The summed E-state index contributed by atoms with van der Waals surface area (Å²) in [7, 11) is 0. The van der Waals surface area contributed by atoms with Crippen LogP contribution in [-0.4, -0.2) is 5.91 Å². The minimum atomic E-state index is 0.0638. The van der Waals surface area contributed by atoms with Crippen LogP contribution in [0, 0.1) is 6.92 Å². The lowest BCUT2D eigenvalue weighted by atomic mass is 10.0. The second-order valence-corrected chi connectivity index (χ2v) is 5.01. The van der Waals surface area contributed by atoms with Crippen LogP contribution in [0.5, 0.6) is 11.5 Å². The highest BCUT2D eigenvalue weighted by atomic mass is 16.5. The molecule has 0 spiro atoms. The Morgan fingerprint density at radius 3 is 2.80 bits per heavy atom. The molecule has 0 atom stereocenters. The van der Waals surface area contributed by atoms with Crippen molar-refractivity contribution in [2.75, 3.05) is 11.1 Å². The van der Waals surface area contributed by atoms with Crippen LogP contribution in [0.1, 0.15) is 17.5 Å². The van der Waals surface area contributed by atoms with Crippen LogP contribution in [-0.2, 0) is 11.2 Å². The summed E-state index contributed by atoms with van der Waals surface area (Å²) in [5, 5.41) is 2.85. The number of fused-ring (bicyclic) bond motifs is 1. The van der Waals surface area contributed by atoms with E-state index in [4.69, 9.17) is 10.5 Å². The van der Waals surface area contributed by atoms with E-state index in [2.05, 4.69) is 5.32 Å². The van der Waals surface area contributed by atoms with E-state index in [1.807, 2.05) is 43.3 Å². The molecule has 1 aliphatic heterocycles. The van der Waals surface area contributed by atoms with Crippen molar-refractivity contribution in [1.82, 2.24) is 0 Å². The standard InChI is InChI=1S/C16H16N2O2/c1-10-2-6-15(13(17)8-10)20-12-4-5-14-11(9-12)3-7-16(19)18-14/h2,4-6,8-9H,3,7,17H2,1H3,(H,18,19). The summed E-state index contributed by atoms with van der Waals surface area (Å²) in [4.78, 5) is 11.3. The molecular weight excluding hydrogens is 252 g/mol. The smallest absolute Gasteiger partial charge is 0.224 e. The van der Waals surface area contributed by atoms with E-state index in [0.717, 1.165) is 29.0 Å². The Bertz CT molecular complexity index is 680. The summed E-state index contributed by atoms with van der Waals surface area (Å²) < 4.78 is 5.82. The molecule has 0 unspecified atom stereocenters. The van der Waals surface area contributed by atoms with E-state index in [-0.39, 0.29) is 5.91 Å². The van der Waals surface area contributed by atoms with Gasteiger partial charge < -0.3 is 15.8 Å². The molecule has 1 heterocycles. The van der Waals surface area contributed by atoms with Crippen LogP contribution in [0.4, 0.5) is 11.4 Å². The molecule has 0 aromatic heterocycles. The van der Waals surface area contributed by atoms with E-state index in [9.17, 15) is 4.79 Å². The van der Waals surface area contributed by atoms with Gasteiger partial charge in [-0.1, -0.05) is 6.07 Å². The van der Waals surface area contributed by atoms with Crippen molar-refractivity contribution >= 4 is 17.3 Å². The first kappa shape index (κ1) is 12.5. The molecule has 2 aromatic carbocycles. The molecule has 20 heavy (non-hydrogen) atoms. The predicted octanol–water partition coefficient (Wildman–Crippen LogP) is 3.25. The number of anilines is 2. The Morgan fingerprint density at radius 2 is 2.00 bits per heavy atom. The van der Waals surface area contributed by atoms with Gasteiger partial charge in [0.25, 0.3) is 0 Å². The normalized spacial score (nSPS) is 13.6. The molecular formula is C16H16N2O2. The monoisotopic (exact) mass is 268 g/mol. The third-order valence-electron chi connectivity index (χ3n) is 3.37. The van der Waals surface area contributed by atoms with E-state index < -0.39 is 0 Å². The van der Waals surface area contributed by atoms with Crippen molar-refractivity contribution in [3.63, 3.8) is 0 Å². The fourth-order valence-corrected chi connectivity index (χ4v) is 2.31. The summed E-state index contributed by atoms with van der Waals surface area (Å²) in [6, 6.07) is 11.4. The van der Waals surface area contributed by atoms with Crippen LogP contribution < -0.4 is 15.8 Å². The Kier molecular flexibility index (Phi) is 3.06. The number of benzene rings is 2. The lowest BCUT2D eigenvalue weighted by Gasteiger charge is -2.18. The van der Waals surface area contributed by atoms with E-state index >= 15 is 0 Å². The SMILES string of the molecule is Cc1ccc(Oc2ccc3c(c2)CCC(=O)N3)c(N)c1. The Hall–Kier alpha value is -2.49. The number of rotatable bonds is 2. The molecule has 2 aromatic rings. The molecule has 0 radical (unpaired) electrons. The zero-order valence-corrected chi connectivity index (χ0v) is 11.3. The molecule has 1 aliphatic rings. The summed E-state index contributed by atoms with van der Waals surface area (Å²) in [6.07, 6.45) is 1.25. The molecule has 4 heteroatoms. The number of nitrogens with one attached hydrogen (secondary N) is 1. The van der Waals surface area contributed by atoms with Crippen LogP contribution in [0.3, 0.4) is 0 Å². The van der Waals surface area contributed by atoms with Gasteiger partial charge in [-0.25, -0.2) is 0 Å². The van der Waals surface area contributed by atoms with E-state index in [1.54, 1.807) is 0 Å². The van der Waals surface area contributed by atoms with Gasteiger partial charge in [0.1, 0.15) is 11.5 Å². The van der Waals surface area contributed by atoms with Gasteiger partial charge >= 0.3 is 0 Å². The number of nitrogens with two attached hydrogens (primary N) is 1. The minimum Gasteiger partial charge on any atom is -0.455 e. The van der Waals surface area contributed by atoms with Crippen molar-refractivity contribution in [2.24, 2.45) is 0 Å². The molecule has 0 saturated heterocycles. The molecule has 4 nitrogen and oxygen atoms in total. The maximum absolute atomic E-state index is 11.3. The summed E-state index contributed by atoms with van der Waals surface area (Å²) >= 11 is 0. The van der Waals surface area contributed by atoms with Crippen LogP contribution in [0.2, 0.25) is 0 Å². The summed E-state index contributed by atoms with van der Waals surface area (Å²) in [6.45, 7) is 1.99. The largest absolute Gasteiger partial charge is 0.455 e. The number of aryl methyl sites for hydroxylation is 2. The number of carbonyl (C=O) groups excluding carboxylic acids is 1. The first-order valence-electron chi connectivity index (χ1n) is 6.58. The number of nitrogen functional groups attached to an aromatic ring is 1. The zero-order chi connectivity index (χ0) is 14.1. The highest BCUT2D eigenvalue weighted by molar-refractivity contribution is 5.94. The van der Waals surface area contributed by atoms with Crippen LogP contribution >= 0.6 is 0 Å². The molecule has 0 fully saturated rings. The second-order valence-electron chi connectivity index (χ2n) is 5.01. The van der Waals surface area contributed by atoms with Crippen molar-refractivity contribution < 1.29 is 9.53 Å². The van der Waals surface area contributed by atoms with Gasteiger partial charge in [-0.15, -0.1) is 0 Å². The Balaban J connectivity index is 1.86. The molecule has 0 aliphatic carbocycles. The highest BCUT2D eigenvalue weighted by Gasteiger charge is 2.15. The van der Waals surface area contributed by atoms with Crippen molar-refractivity contribution in [2.45, 2.75) is 19.8 Å². The quantitative estimate of drug-likeness (QED) is 0.822. The maximum atomic E-state index is 11.3. The van der Waals surface area contributed by atoms with Gasteiger partial charge in [-0.2, -0.15) is 0 Å². The van der Waals surface area contributed by atoms with Gasteiger partial charge in [0.2, 0.25) is 5.91 Å². The first-order valence-corrected chi connectivity index (χ1v) is 6.58. The molecule has 102 valence electrons. The van der Waals surface area contributed by atoms with Gasteiger partial charge in [-0.05, 0) is 54.8 Å². The topological polar surface area (TPSA) is 64.3 Å². The highest BCUT2D eigenvalue weighted by Crippen LogP contribution is 2.32. The minimum absolute atomic E-state index is 0.0638. The number of hydrogen-bond donors (Lipinski definition) is 2. The van der Waals surface area contributed by atoms with Crippen LogP contribution in [0.15, 0.2) is 36.4 Å². The third-order valence-corrected chi connectivity index (χ3v) is 3.37. The first-order chi connectivity index (χ1) is 9.61. The van der Waals surface area contributed by atoms with Gasteiger partial charge in [0.05, 0.1) is 5.69 Å². The van der Waals surface area contributed by atoms with Gasteiger partial charge in [0.15, 0.2) is 0 Å². The van der Waals surface area contributed by atoms with Gasteiger partial charge in [0, 0.05) is 12.1 Å². The fourth-order valence-electron chi connectivity index (χ4n) is 2.31. The number of ether oxygens (including phenoxy) is 1. The maximum Gasteiger partial charge on any atom is 0.224 e. The molecule has 1 amide bonds. The third kappa shape index (κ3) is 2.45. The molecule has 3 rings (SSSR count). The van der Waals surface area contributed by atoms with Crippen molar-refractivity contribution in [1.29, 1.82) is 0 Å². The second kappa shape index (κ2) is 4.89. The number of hydrogen-bond acceptors (Lipinski definition) is 3. The van der Waals surface area contributed by atoms with E-state index in [1.165, 1.54) is 0 Å². The van der Waals surface area contributed by atoms with Gasteiger partial charge in [-0.3, -0.25) is 4.79 Å². The summed E-state index contributed by atoms with van der Waals surface area (Å²) in [5.41, 5.74) is 9.62. The van der Waals surface area contributed by atoms with Crippen molar-refractivity contribution in [3.05, 3.63) is 47.5 Å². The number of carbonyl (C=O) groups is 1. The zero-order valence-electron chi connectivity index (χ0n) is 11.3. The lowest BCUT2D eigenvalue weighted by molar-refractivity contribution is -0.116. The summed E-state index contributed by atoms with van der Waals surface area (Å²) in [5.74, 6) is 1.44. The fraction of sp³-hybridized carbons (Fsp3) is 0.188. The average Bonchev–Trinajstić information content (AvgIpc) is 2.42. The Morgan fingerprint density at radius 1 is 1.15 bits per heavy atom.